The van der Waals surface area contributed by atoms with Gasteiger partial charge in [-0.3, -0.25) is 4.79 Å². The molecule has 1 aromatic carbocycles. The largest absolute Gasteiger partial charge is 0.464 e. The summed E-state index contributed by atoms with van der Waals surface area (Å²) in [5, 5.41) is 0.942. The molecule has 23 heavy (non-hydrogen) atoms. The molecule has 0 spiro atoms. The SMILES string of the molecule is CCOC(=O)C1CC(OC)CN1C(=O)Cc1ccc(Cl)cc1Cl. The van der Waals surface area contributed by atoms with Crippen molar-refractivity contribution in [3.63, 3.8) is 0 Å². The molecule has 0 N–H and O–H groups in total. The van der Waals surface area contributed by atoms with E-state index in [1.54, 1.807) is 32.2 Å². The fourth-order valence-electron chi connectivity index (χ4n) is 2.64. The van der Waals surface area contributed by atoms with Crippen molar-refractivity contribution in [2.75, 3.05) is 20.3 Å². The van der Waals surface area contributed by atoms with E-state index in [1.807, 2.05) is 0 Å². The van der Waals surface area contributed by atoms with E-state index in [9.17, 15) is 9.59 Å². The molecular weight excluding hydrogens is 341 g/mol. The quantitative estimate of drug-likeness (QED) is 0.758. The number of hydrogen-bond acceptors (Lipinski definition) is 4. The lowest BCUT2D eigenvalue weighted by Crippen LogP contribution is -2.42. The number of hydrogen-bond donors (Lipinski definition) is 0. The number of ether oxygens (including phenoxy) is 2. The molecule has 1 aliphatic heterocycles. The van der Waals surface area contributed by atoms with Crippen LogP contribution in [-0.4, -0.2) is 49.2 Å². The van der Waals surface area contributed by atoms with Gasteiger partial charge in [-0.25, -0.2) is 4.79 Å². The van der Waals surface area contributed by atoms with Gasteiger partial charge in [0.2, 0.25) is 5.91 Å². The Hall–Kier alpha value is -1.30. The lowest BCUT2D eigenvalue weighted by Gasteiger charge is -2.23. The number of esters is 1. The van der Waals surface area contributed by atoms with E-state index in [0.29, 0.717) is 28.6 Å². The second-order valence-electron chi connectivity index (χ2n) is 5.32. The molecule has 126 valence electrons. The molecule has 2 rings (SSSR count). The molecule has 2 atom stereocenters. The third-order valence-corrected chi connectivity index (χ3v) is 4.42. The molecule has 0 saturated carbocycles. The van der Waals surface area contributed by atoms with Gasteiger partial charge in [0, 0.05) is 30.1 Å². The molecule has 1 amide bonds. The Kier molecular flexibility index (Phi) is 6.27. The van der Waals surface area contributed by atoms with E-state index in [-0.39, 0.29) is 25.0 Å². The summed E-state index contributed by atoms with van der Waals surface area (Å²) in [4.78, 5) is 26.2. The highest BCUT2D eigenvalue weighted by Gasteiger charge is 2.40. The van der Waals surface area contributed by atoms with Gasteiger partial charge < -0.3 is 14.4 Å². The van der Waals surface area contributed by atoms with Crippen LogP contribution in [0.5, 0.6) is 0 Å². The van der Waals surface area contributed by atoms with E-state index >= 15 is 0 Å². The van der Waals surface area contributed by atoms with Crippen molar-refractivity contribution in [3.05, 3.63) is 33.8 Å². The van der Waals surface area contributed by atoms with Crippen molar-refractivity contribution in [1.29, 1.82) is 0 Å². The van der Waals surface area contributed by atoms with Gasteiger partial charge in [0.05, 0.1) is 19.1 Å². The molecule has 1 aromatic rings. The predicted molar refractivity (Wildman–Crippen MR) is 87.7 cm³/mol. The number of amides is 1. The predicted octanol–water partition coefficient (Wildman–Crippen LogP) is 2.71. The molecule has 1 heterocycles. The van der Waals surface area contributed by atoms with Crippen molar-refractivity contribution in [2.45, 2.75) is 31.9 Å². The number of methoxy groups -OCH3 is 1. The molecule has 1 saturated heterocycles. The van der Waals surface area contributed by atoms with Crippen molar-refractivity contribution in [2.24, 2.45) is 0 Å². The van der Waals surface area contributed by atoms with Crippen LogP contribution < -0.4 is 0 Å². The first-order valence-electron chi connectivity index (χ1n) is 7.39. The summed E-state index contributed by atoms with van der Waals surface area (Å²) in [6.07, 6.45) is 0.367. The lowest BCUT2D eigenvalue weighted by molar-refractivity contribution is -0.152. The lowest BCUT2D eigenvalue weighted by atomic mass is 10.1. The zero-order valence-electron chi connectivity index (χ0n) is 13.1. The zero-order chi connectivity index (χ0) is 17.0. The highest BCUT2D eigenvalue weighted by atomic mass is 35.5. The average molecular weight is 360 g/mol. The smallest absolute Gasteiger partial charge is 0.328 e. The van der Waals surface area contributed by atoms with Crippen molar-refractivity contribution in [1.82, 2.24) is 4.90 Å². The van der Waals surface area contributed by atoms with Crippen molar-refractivity contribution < 1.29 is 19.1 Å². The van der Waals surface area contributed by atoms with Gasteiger partial charge >= 0.3 is 5.97 Å². The maximum Gasteiger partial charge on any atom is 0.328 e. The van der Waals surface area contributed by atoms with Crippen LogP contribution in [0.3, 0.4) is 0 Å². The molecule has 7 heteroatoms. The van der Waals surface area contributed by atoms with Gasteiger partial charge in [0.25, 0.3) is 0 Å². The van der Waals surface area contributed by atoms with E-state index < -0.39 is 12.0 Å². The number of carbonyl (C=O) groups excluding carboxylic acids is 2. The fraction of sp³-hybridized carbons (Fsp3) is 0.500. The summed E-state index contributed by atoms with van der Waals surface area (Å²) in [5.41, 5.74) is 0.671. The first-order chi connectivity index (χ1) is 11.0. The van der Waals surface area contributed by atoms with Gasteiger partial charge in [-0.15, -0.1) is 0 Å². The van der Waals surface area contributed by atoms with E-state index in [4.69, 9.17) is 32.7 Å². The Morgan fingerprint density at radius 3 is 2.70 bits per heavy atom. The first-order valence-corrected chi connectivity index (χ1v) is 8.14. The Bertz CT molecular complexity index is 593. The summed E-state index contributed by atoms with van der Waals surface area (Å²) < 4.78 is 10.4. The summed E-state index contributed by atoms with van der Waals surface area (Å²) in [6.45, 7) is 2.38. The minimum atomic E-state index is -0.613. The summed E-state index contributed by atoms with van der Waals surface area (Å²) in [7, 11) is 1.57. The number of carbonyl (C=O) groups is 2. The zero-order valence-corrected chi connectivity index (χ0v) is 14.6. The maximum atomic E-state index is 12.6. The molecule has 2 unspecified atom stereocenters. The summed E-state index contributed by atoms with van der Waals surface area (Å²) in [6, 6.07) is 4.38. The van der Waals surface area contributed by atoms with E-state index in [1.165, 1.54) is 4.90 Å². The van der Waals surface area contributed by atoms with Crippen LogP contribution in [0, 0.1) is 0 Å². The third kappa shape index (κ3) is 4.37. The van der Waals surface area contributed by atoms with Crippen molar-refractivity contribution in [3.8, 4) is 0 Å². The van der Waals surface area contributed by atoms with Crippen LogP contribution in [0.1, 0.15) is 18.9 Å². The van der Waals surface area contributed by atoms with Gasteiger partial charge in [0.1, 0.15) is 6.04 Å². The molecule has 0 bridgehead atoms. The molecule has 0 radical (unpaired) electrons. The van der Waals surface area contributed by atoms with Gasteiger partial charge in [-0.2, -0.15) is 0 Å². The standard InChI is InChI=1S/C16H19Cl2NO4/c1-3-23-16(21)14-8-12(22-2)9-19(14)15(20)6-10-4-5-11(17)7-13(10)18/h4-5,7,12,14H,3,6,8-9H2,1-2H3. The topological polar surface area (TPSA) is 55.8 Å². The molecule has 0 aliphatic carbocycles. The molecular formula is C16H19Cl2NO4. The third-order valence-electron chi connectivity index (χ3n) is 3.83. The van der Waals surface area contributed by atoms with Crippen molar-refractivity contribution >= 4 is 35.1 Å². The van der Waals surface area contributed by atoms with Crippen LogP contribution in [0.2, 0.25) is 10.0 Å². The minimum Gasteiger partial charge on any atom is -0.464 e. The summed E-state index contributed by atoms with van der Waals surface area (Å²) >= 11 is 12.0. The Morgan fingerprint density at radius 1 is 1.35 bits per heavy atom. The van der Waals surface area contributed by atoms with Gasteiger partial charge in [0.15, 0.2) is 0 Å². The van der Waals surface area contributed by atoms with Gasteiger partial charge in [-0.1, -0.05) is 29.3 Å². The number of halogens is 2. The second-order valence-corrected chi connectivity index (χ2v) is 6.16. The normalized spacial score (nSPS) is 20.6. The maximum absolute atomic E-state index is 12.6. The molecule has 0 aromatic heterocycles. The Labute approximate surface area is 145 Å². The Morgan fingerprint density at radius 2 is 2.09 bits per heavy atom. The molecule has 1 aliphatic rings. The second kappa shape index (κ2) is 7.99. The summed E-state index contributed by atoms with van der Waals surface area (Å²) in [5.74, 6) is -0.588. The minimum absolute atomic E-state index is 0.0995. The van der Waals surface area contributed by atoms with E-state index in [0.717, 1.165) is 0 Å². The van der Waals surface area contributed by atoms with Crippen LogP contribution in [0.4, 0.5) is 0 Å². The first kappa shape index (κ1) is 18.0. The van der Waals surface area contributed by atoms with Crippen LogP contribution in [0.25, 0.3) is 0 Å². The number of benzene rings is 1. The van der Waals surface area contributed by atoms with E-state index in [2.05, 4.69) is 0 Å². The monoisotopic (exact) mass is 359 g/mol. The molecule has 5 nitrogen and oxygen atoms in total. The van der Waals surface area contributed by atoms with Crippen LogP contribution in [0.15, 0.2) is 18.2 Å². The molecule has 1 fully saturated rings. The average Bonchev–Trinajstić information content (AvgIpc) is 2.95. The highest BCUT2D eigenvalue weighted by molar-refractivity contribution is 6.35. The number of likely N-dealkylation sites (tertiary alicyclic amines) is 1. The Balaban J connectivity index is 2.13. The van der Waals surface area contributed by atoms with Crippen LogP contribution >= 0.6 is 23.2 Å². The number of nitrogens with zero attached hydrogens (tertiary/aromatic N) is 1. The number of rotatable bonds is 5. The van der Waals surface area contributed by atoms with Gasteiger partial charge in [-0.05, 0) is 24.6 Å². The highest BCUT2D eigenvalue weighted by Crippen LogP contribution is 2.25. The van der Waals surface area contributed by atoms with Crippen LogP contribution in [-0.2, 0) is 25.5 Å². The fourth-order valence-corrected chi connectivity index (χ4v) is 3.11.